The third-order valence-corrected chi connectivity index (χ3v) is 6.34. The van der Waals surface area contributed by atoms with Crippen LogP contribution < -0.4 is 0 Å². The molecule has 1 atom stereocenters. The van der Waals surface area contributed by atoms with E-state index in [4.69, 9.17) is 4.52 Å². The Labute approximate surface area is 145 Å². The molecule has 1 N–H and O–H groups in total. The Hall–Kier alpha value is -2.09. The van der Waals surface area contributed by atoms with Crippen molar-refractivity contribution in [1.29, 1.82) is 0 Å². The summed E-state index contributed by atoms with van der Waals surface area (Å²) in [5, 5.41) is 13.6. The van der Waals surface area contributed by atoms with Crippen LogP contribution in [0.2, 0.25) is 0 Å². The van der Waals surface area contributed by atoms with Crippen molar-refractivity contribution in [3.05, 3.63) is 29.8 Å². The van der Waals surface area contributed by atoms with E-state index in [1.54, 1.807) is 35.8 Å². The van der Waals surface area contributed by atoms with Crippen LogP contribution in [-0.4, -0.2) is 75.6 Å². The van der Waals surface area contributed by atoms with Gasteiger partial charge in [0, 0.05) is 44.0 Å². The quantitative estimate of drug-likeness (QED) is 0.801. The fraction of sp³-hybridized carbons (Fsp3) is 0.467. The van der Waals surface area contributed by atoms with Crippen LogP contribution in [0.1, 0.15) is 17.3 Å². The molecule has 0 bridgehead atoms. The number of hydrogen-bond donors (Lipinski definition) is 1. The maximum Gasteiger partial charge on any atom is 0.269 e. The number of benzene rings is 1. The number of nitrogens with zero attached hydrogens (tertiary/aromatic N) is 5. The highest BCUT2D eigenvalue weighted by Crippen LogP contribution is 2.47. The molecule has 1 amide bonds. The van der Waals surface area contributed by atoms with Gasteiger partial charge < -0.3 is 9.42 Å². The highest BCUT2D eigenvalue weighted by Gasteiger charge is 2.31. The number of H-pyrrole nitrogens is 1. The van der Waals surface area contributed by atoms with Gasteiger partial charge in [0.1, 0.15) is 0 Å². The molecule has 10 heteroatoms. The number of hydrogen-bond acceptors (Lipinski definition) is 6. The molecule has 1 aromatic heterocycles. The molecule has 1 unspecified atom stereocenters. The molecule has 134 valence electrons. The van der Waals surface area contributed by atoms with Crippen LogP contribution in [0.15, 0.2) is 24.3 Å². The van der Waals surface area contributed by atoms with Crippen LogP contribution in [0.25, 0.3) is 11.4 Å². The van der Waals surface area contributed by atoms with Crippen molar-refractivity contribution in [2.75, 3.05) is 39.5 Å². The first-order valence-corrected chi connectivity index (χ1v) is 10.1. The number of nitrogens with one attached hydrogen (secondary N) is 1. The van der Waals surface area contributed by atoms with Gasteiger partial charge in [0.2, 0.25) is 0 Å². The van der Waals surface area contributed by atoms with E-state index in [0.29, 0.717) is 44.2 Å². The van der Waals surface area contributed by atoms with E-state index in [0.717, 1.165) is 5.56 Å². The van der Waals surface area contributed by atoms with E-state index >= 15 is 0 Å². The monoisotopic (exact) mass is 364 g/mol. The minimum Gasteiger partial charge on any atom is -0.336 e. The summed E-state index contributed by atoms with van der Waals surface area (Å²) in [6, 6.07) is 7.14. The van der Waals surface area contributed by atoms with Crippen LogP contribution in [0.4, 0.5) is 0 Å². The summed E-state index contributed by atoms with van der Waals surface area (Å²) in [7, 11) is -2.76. The molecule has 3 rings (SSSR count). The van der Waals surface area contributed by atoms with E-state index < -0.39 is 7.52 Å². The van der Waals surface area contributed by atoms with Gasteiger partial charge in [-0.2, -0.15) is 0 Å². The average Bonchev–Trinajstić information content (AvgIpc) is 3.16. The molecule has 0 radical (unpaired) electrons. The Kier molecular flexibility index (Phi) is 5.27. The van der Waals surface area contributed by atoms with Crippen molar-refractivity contribution in [3.63, 3.8) is 0 Å². The second kappa shape index (κ2) is 7.43. The Morgan fingerprint density at radius 1 is 1.24 bits per heavy atom. The molecule has 1 aliphatic heterocycles. The van der Waals surface area contributed by atoms with E-state index in [1.165, 1.54) is 0 Å². The lowest BCUT2D eigenvalue weighted by molar-refractivity contribution is 0.0687. The number of aromatic amines is 1. The third kappa shape index (κ3) is 3.95. The molecular formula is C15H21N6O3P. The molecule has 1 aliphatic rings. The van der Waals surface area contributed by atoms with Crippen LogP contribution in [-0.2, 0) is 9.09 Å². The summed E-state index contributed by atoms with van der Waals surface area (Å²) in [6.07, 6.45) is 0. The minimum atomic E-state index is -2.76. The molecular weight excluding hydrogens is 343 g/mol. The predicted octanol–water partition coefficient (Wildman–Crippen LogP) is 1.48. The second-order valence-electron chi connectivity index (χ2n) is 5.79. The van der Waals surface area contributed by atoms with Crippen LogP contribution in [0.5, 0.6) is 0 Å². The standard InChI is InChI=1S/C15H21N6O3P/c1-3-24-25(2,23)21-10-8-20(9-11-21)15(22)13-6-4-12(5-7-13)14-16-18-19-17-14/h4-7H,3,8-11H2,1-2H3,(H,16,17,18,19). The zero-order chi connectivity index (χ0) is 17.9. The van der Waals surface area contributed by atoms with E-state index in [2.05, 4.69) is 20.6 Å². The Morgan fingerprint density at radius 3 is 2.48 bits per heavy atom. The van der Waals surface area contributed by atoms with Gasteiger partial charge in [-0.1, -0.05) is 12.1 Å². The Bertz CT molecular complexity index is 756. The minimum absolute atomic E-state index is 0.0377. The zero-order valence-electron chi connectivity index (χ0n) is 14.3. The molecule has 0 aliphatic carbocycles. The first kappa shape index (κ1) is 17.7. The first-order chi connectivity index (χ1) is 12.0. The van der Waals surface area contributed by atoms with Crippen molar-refractivity contribution >= 4 is 13.4 Å². The summed E-state index contributed by atoms with van der Waals surface area (Å²) in [5.74, 6) is 0.520. The number of amides is 1. The molecule has 0 saturated carbocycles. The van der Waals surface area contributed by atoms with Gasteiger partial charge in [0.05, 0.1) is 6.61 Å². The maximum atomic E-state index is 12.6. The lowest BCUT2D eigenvalue weighted by Crippen LogP contribution is -2.47. The smallest absolute Gasteiger partial charge is 0.269 e. The molecule has 2 aromatic rings. The SMILES string of the molecule is CCOP(C)(=O)N1CCN(C(=O)c2ccc(-c3nnn[nH]3)cc2)CC1. The van der Waals surface area contributed by atoms with E-state index in [-0.39, 0.29) is 5.91 Å². The van der Waals surface area contributed by atoms with Crippen molar-refractivity contribution in [2.45, 2.75) is 6.92 Å². The number of carbonyl (C=O) groups is 1. The fourth-order valence-electron chi connectivity index (χ4n) is 2.82. The normalized spacial score (nSPS) is 18.1. The molecule has 1 fully saturated rings. The van der Waals surface area contributed by atoms with E-state index in [1.807, 2.05) is 11.6 Å². The first-order valence-electron chi connectivity index (χ1n) is 8.12. The van der Waals surface area contributed by atoms with Gasteiger partial charge in [-0.05, 0) is 29.5 Å². The van der Waals surface area contributed by atoms with Crippen LogP contribution >= 0.6 is 7.52 Å². The molecule has 9 nitrogen and oxygen atoms in total. The summed E-state index contributed by atoms with van der Waals surface area (Å²) >= 11 is 0. The molecule has 0 spiro atoms. The van der Waals surface area contributed by atoms with E-state index in [9.17, 15) is 9.36 Å². The number of tetrazole rings is 1. The zero-order valence-corrected chi connectivity index (χ0v) is 15.1. The summed E-state index contributed by atoms with van der Waals surface area (Å²) in [6.45, 7) is 6.01. The van der Waals surface area contributed by atoms with Gasteiger partial charge in [0.25, 0.3) is 13.4 Å². The Balaban J connectivity index is 1.62. The van der Waals surface area contributed by atoms with Crippen molar-refractivity contribution < 1.29 is 13.9 Å². The topological polar surface area (TPSA) is 104 Å². The maximum absolute atomic E-state index is 12.6. The lowest BCUT2D eigenvalue weighted by atomic mass is 10.1. The van der Waals surface area contributed by atoms with Gasteiger partial charge in [-0.3, -0.25) is 9.36 Å². The van der Waals surface area contributed by atoms with Gasteiger partial charge >= 0.3 is 0 Å². The molecule has 1 aromatic carbocycles. The largest absolute Gasteiger partial charge is 0.336 e. The number of aromatic nitrogens is 4. The third-order valence-electron chi connectivity index (χ3n) is 4.18. The molecule has 1 saturated heterocycles. The lowest BCUT2D eigenvalue weighted by Gasteiger charge is -2.37. The van der Waals surface area contributed by atoms with Gasteiger partial charge in [-0.25, -0.2) is 9.77 Å². The fourth-order valence-corrected chi connectivity index (χ4v) is 4.37. The molecule has 25 heavy (non-hydrogen) atoms. The highest BCUT2D eigenvalue weighted by molar-refractivity contribution is 7.55. The van der Waals surface area contributed by atoms with Gasteiger partial charge in [-0.15, -0.1) is 5.10 Å². The predicted molar refractivity (Wildman–Crippen MR) is 92.2 cm³/mol. The summed E-state index contributed by atoms with van der Waals surface area (Å²) < 4.78 is 19.6. The number of rotatable bonds is 5. The average molecular weight is 364 g/mol. The highest BCUT2D eigenvalue weighted by atomic mass is 31.2. The van der Waals surface area contributed by atoms with Crippen molar-refractivity contribution in [2.24, 2.45) is 0 Å². The van der Waals surface area contributed by atoms with Crippen molar-refractivity contribution in [3.8, 4) is 11.4 Å². The molecule has 2 heterocycles. The van der Waals surface area contributed by atoms with Crippen molar-refractivity contribution in [1.82, 2.24) is 30.2 Å². The summed E-state index contributed by atoms with van der Waals surface area (Å²) in [5.41, 5.74) is 1.42. The van der Waals surface area contributed by atoms with Gasteiger partial charge in [0.15, 0.2) is 5.82 Å². The number of carbonyl (C=O) groups excluding carboxylic acids is 1. The van der Waals surface area contributed by atoms with Crippen LogP contribution in [0.3, 0.4) is 0 Å². The second-order valence-corrected chi connectivity index (χ2v) is 8.22. The van der Waals surface area contributed by atoms with Crippen LogP contribution in [0, 0.1) is 0 Å². The number of piperazine rings is 1. The summed E-state index contributed by atoms with van der Waals surface area (Å²) in [4.78, 5) is 14.4. The Morgan fingerprint density at radius 2 is 1.92 bits per heavy atom.